The summed E-state index contributed by atoms with van der Waals surface area (Å²) < 4.78 is 8.36. The molecule has 1 aromatic carbocycles. The van der Waals surface area contributed by atoms with Gasteiger partial charge in [0, 0.05) is 32.5 Å². The second-order valence-corrected chi connectivity index (χ2v) is 7.52. The smallest absolute Gasteiger partial charge is 0.309 e. The first-order valence-corrected chi connectivity index (χ1v) is 9.97. The van der Waals surface area contributed by atoms with Crippen molar-refractivity contribution < 1.29 is 24.2 Å². The molecule has 0 bridgehead atoms. The van der Waals surface area contributed by atoms with Crippen LogP contribution < -0.4 is 0 Å². The number of esters is 1. The summed E-state index contributed by atoms with van der Waals surface area (Å²) in [6.07, 6.45) is 7.62. The molecule has 4 rings (SSSR count). The van der Waals surface area contributed by atoms with E-state index in [0.29, 0.717) is 17.9 Å². The fourth-order valence-corrected chi connectivity index (χ4v) is 3.92. The number of methoxy groups -OCH3 is 1. The first kappa shape index (κ1) is 22.1. The molecule has 1 atom stereocenters. The van der Waals surface area contributed by atoms with Crippen LogP contribution in [0.4, 0.5) is 0 Å². The van der Waals surface area contributed by atoms with Crippen molar-refractivity contribution in [1.29, 1.82) is 0 Å². The molecular weight excluding hydrogens is 400 g/mol. The number of amides is 1. The van der Waals surface area contributed by atoms with Gasteiger partial charge in [-0.05, 0) is 29.9 Å². The number of rotatable bonds is 5. The quantitative estimate of drug-likeness (QED) is 0.493. The highest BCUT2D eigenvalue weighted by Crippen LogP contribution is 2.24. The van der Waals surface area contributed by atoms with Crippen molar-refractivity contribution in [3.8, 4) is 0 Å². The first-order chi connectivity index (χ1) is 15.0. The minimum atomic E-state index is -0.250. The molecule has 164 valence electrons. The van der Waals surface area contributed by atoms with Crippen LogP contribution in [-0.4, -0.2) is 62.7 Å². The molecular formula is C22H26N4O5. The Morgan fingerprint density at radius 1 is 1.23 bits per heavy atom. The number of hydrogen-bond donors (Lipinski definition) is 1. The molecule has 1 aliphatic rings. The lowest BCUT2D eigenvalue weighted by atomic mass is 9.97. The molecule has 1 saturated heterocycles. The Morgan fingerprint density at radius 3 is 2.58 bits per heavy atom. The van der Waals surface area contributed by atoms with E-state index >= 15 is 0 Å². The number of ether oxygens (including phenoxy) is 1. The third kappa shape index (κ3) is 5.11. The van der Waals surface area contributed by atoms with E-state index in [0.717, 1.165) is 37.1 Å². The van der Waals surface area contributed by atoms with Crippen LogP contribution >= 0.6 is 0 Å². The largest absolute Gasteiger partial charge is 0.483 e. The van der Waals surface area contributed by atoms with Crippen LogP contribution in [0.1, 0.15) is 27.9 Å². The maximum Gasteiger partial charge on any atom is 0.309 e. The number of hydrogen-bond acceptors (Lipinski definition) is 5. The van der Waals surface area contributed by atoms with E-state index in [4.69, 9.17) is 14.6 Å². The second kappa shape index (κ2) is 9.92. The predicted molar refractivity (Wildman–Crippen MR) is 113 cm³/mol. The summed E-state index contributed by atoms with van der Waals surface area (Å²) in [6.45, 7) is 1.27. The molecule has 9 heteroatoms. The van der Waals surface area contributed by atoms with Crippen molar-refractivity contribution in [2.75, 3.05) is 20.2 Å². The number of aromatic nitrogens is 3. The van der Waals surface area contributed by atoms with Crippen molar-refractivity contribution in [3.63, 3.8) is 0 Å². The van der Waals surface area contributed by atoms with Gasteiger partial charge in [0.25, 0.3) is 12.4 Å². The number of aryl methyl sites for hydroxylation is 1. The predicted octanol–water partition coefficient (Wildman–Crippen LogP) is 1.79. The van der Waals surface area contributed by atoms with Gasteiger partial charge in [-0.1, -0.05) is 24.3 Å². The van der Waals surface area contributed by atoms with E-state index in [1.54, 1.807) is 10.7 Å². The van der Waals surface area contributed by atoms with Crippen molar-refractivity contribution in [2.45, 2.75) is 19.3 Å². The number of carbonyl (C=O) groups excluding carboxylic acids is 2. The minimum absolute atomic E-state index is 0.0488. The van der Waals surface area contributed by atoms with Crippen molar-refractivity contribution >= 4 is 24.0 Å². The molecule has 1 amide bonds. The lowest BCUT2D eigenvalue weighted by Gasteiger charge is -2.16. The van der Waals surface area contributed by atoms with Crippen LogP contribution in [0.3, 0.4) is 0 Å². The Balaban J connectivity index is 0.000000858. The van der Waals surface area contributed by atoms with E-state index in [9.17, 15) is 9.59 Å². The average Bonchev–Trinajstić information content (AvgIpc) is 3.48. The molecule has 0 spiro atoms. The maximum atomic E-state index is 13.0. The van der Waals surface area contributed by atoms with Gasteiger partial charge in [0.15, 0.2) is 0 Å². The number of likely N-dealkylation sites (tertiary alicyclic amines) is 1. The lowest BCUT2D eigenvalue weighted by Crippen LogP contribution is -2.29. The number of carbonyl (C=O) groups is 3. The zero-order valence-corrected chi connectivity index (χ0v) is 17.6. The molecule has 1 aliphatic heterocycles. The van der Waals surface area contributed by atoms with Gasteiger partial charge >= 0.3 is 5.97 Å². The maximum absolute atomic E-state index is 13.0. The molecule has 3 heterocycles. The van der Waals surface area contributed by atoms with Gasteiger partial charge in [0.2, 0.25) is 0 Å². The average molecular weight is 426 g/mol. The van der Waals surface area contributed by atoms with Gasteiger partial charge in [-0.2, -0.15) is 5.10 Å². The molecule has 1 N–H and O–H groups in total. The molecule has 1 fully saturated rings. The van der Waals surface area contributed by atoms with E-state index in [1.165, 1.54) is 12.7 Å². The lowest BCUT2D eigenvalue weighted by molar-refractivity contribution is -0.139. The van der Waals surface area contributed by atoms with E-state index in [2.05, 4.69) is 17.2 Å². The Bertz CT molecular complexity index is 1050. The number of benzene rings is 1. The van der Waals surface area contributed by atoms with Crippen LogP contribution in [0.15, 0.2) is 42.9 Å². The third-order valence-corrected chi connectivity index (χ3v) is 5.46. The van der Waals surface area contributed by atoms with Crippen LogP contribution in [0.5, 0.6) is 0 Å². The normalized spacial score (nSPS) is 15.4. The first-order valence-electron chi connectivity index (χ1n) is 9.97. The molecule has 3 aromatic rings. The summed E-state index contributed by atoms with van der Waals surface area (Å²) in [5, 5.41) is 11.2. The van der Waals surface area contributed by atoms with Gasteiger partial charge in [0.1, 0.15) is 11.2 Å². The van der Waals surface area contributed by atoms with Crippen LogP contribution in [0, 0.1) is 5.92 Å². The second-order valence-electron chi connectivity index (χ2n) is 7.52. The van der Waals surface area contributed by atoms with Gasteiger partial charge in [-0.25, -0.2) is 4.52 Å². The zero-order valence-electron chi connectivity index (χ0n) is 17.6. The fraction of sp³-hybridized carbons (Fsp3) is 0.364. The number of nitrogens with zero attached hydrogens (tertiary/aromatic N) is 4. The fourth-order valence-electron chi connectivity index (χ4n) is 3.92. The third-order valence-electron chi connectivity index (χ3n) is 5.46. The molecule has 2 aromatic heterocycles. The highest BCUT2D eigenvalue weighted by Gasteiger charge is 2.29. The van der Waals surface area contributed by atoms with E-state index in [1.807, 2.05) is 41.0 Å². The standard InChI is InChI=1S/C21H24N4O3.CH2O2/c1-23-9-10-25-20(23)18(13-22-25)21(27)24-8-7-17(14-24)11-15-3-5-16(6-4-15)12-19(26)28-2;2-1-3/h3-6,9-10,13,17H,7-8,11-12,14H2,1-2H3;1H,(H,2,3). The Morgan fingerprint density at radius 2 is 1.90 bits per heavy atom. The molecule has 31 heavy (non-hydrogen) atoms. The highest BCUT2D eigenvalue weighted by molar-refractivity contribution is 6.00. The summed E-state index contributed by atoms with van der Waals surface area (Å²) in [6, 6.07) is 8.08. The summed E-state index contributed by atoms with van der Waals surface area (Å²) in [7, 11) is 3.32. The van der Waals surface area contributed by atoms with Gasteiger partial charge in [-0.15, -0.1) is 0 Å². The number of carboxylic acid groups (broad SMARTS) is 1. The Hall–Kier alpha value is -3.62. The van der Waals surface area contributed by atoms with Crippen LogP contribution in [0.25, 0.3) is 5.65 Å². The van der Waals surface area contributed by atoms with Gasteiger partial charge < -0.3 is 19.3 Å². The molecule has 9 nitrogen and oxygen atoms in total. The molecule has 0 radical (unpaired) electrons. The van der Waals surface area contributed by atoms with Crippen LogP contribution in [-0.2, 0) is 34.2 Å². The van der Waals surface area contributed by atoms with Crippen LogP contribution in [0.2, 0.25) is 0 Å². The monoisotopic (exact) mass is 426 g/mol. The SMILES string of the molecule is COC(=O)Cc1ccc(CC2CCN(C(=O)c3cnn4ccn(C)c34)C2)cc1.O=CO. The Labute approximate surface area is 179 Å². The molecule has 1 unspecified atom stereocenters. The van der Waals surface area contributed by atoms with Crippen molar-refractivity contribution in [3.05, 3.63) is 59.5 Å². The number of imidazole rings is 1. The summed E-state index contributed by atoms with van der Waals surface area (Å²) in [4.78, 5) is 34.6. The molecule has 0 saturated carbocycles. The number of fused-ring (bicyclic) bond motifs is 1. The zero-order chi connectivity index (χ0) is 22.4. The van der Waals surface area contributed by atoms with E-state index < -0.39 is 0 Å². The topological polar surface area (TPSA) is 106 Å². The van der Waals surface area contributed by atoms with Crippen molar-refractivity contribution in [2.24, 2.45) is 13.0 Å². The van der Waals surface area contributed by atoms with Crippen molar-refractivity contribution in [1.82, 2.24) is 19.1 Å². The summed E-state index contributed by atoms with van der Waals surface area (Å²) in [5.74, 6) is 0.257. The highest BCUT2D eigenvalue weighted by atomic mass is 16.5. The van der Waals surface area contributed by atoms with Gasteiger partial charge in [-0.3, -0.25) is 14.4 Å². The summed E-state index contributed by atoms with van der Waals surface area (Å²) in [5.41, 5.74) is 3.66. The van der Waals surface area contributed by atoms with E-state index in [-0.39, 0.29) is 18.3 Å². The Kier molecular flexibility index (Phi) is 7.07. The minimum Gasteiger partial charge on any atom is -0.483 e. The van der Waals surface area contributed by atoms with Gasteiger partial charge in [0.05, 0.1) is 19.7 Å². The molecule has 0 aliphatic carbocycles. The summed E-state index contributed by atoms with van der Waals surface area (Å²) >= 11 is 0.